The Kier molecular flexibility index (Phi) is 6.50. The zero-order valence-electron chi connectivity index (χ0n) is 16.2. The lowest BCUT2D eigenvalue weighted by Crippen LogP contribution is -2.46. The maximum absolute atomic E-state index is 5.96. The molecule has 0 radical (unpaired) electrons. The summed E-state index contributed by atoms with van der Waals surface area (Å²) in [5.74, 6) is 0.974. The summed E-state index contributed by atoms with van der Waals surface area (Å²) in [7, 11) is 0. The van der Waals surface area contributed by atoms with E-state index in [1.54, 1.807) is 0 Å². The first-order valence-corrected chi connectivity index (χ1v) is 10.9. The molecule has 146 valence electrons. The van der Waals surface area contributed by atoms with Gasteiger partial charge in [-0.15, -0.1) is 0 Å². The van der Waals surface area contributed by atoms with Crippen LogP contribution in [0.1, 0.15) is 12.8 Å². The molecule has 1 heterocycles. The first kappa shape index (κ1) is 19.3. The molecule has 1 fully saturated rings. The van der Waals surface area contributed by atoms with Crippen LogP contribution in [0.2, 0.25) is 0 Å². The van der Waals surface area contributed by atoms with Crippen LogP contribution >= 0.6 is 15.9 Å². The van der Waals surface area contributed by atoms with Crippen LogP contribution in [0.5, 0.6) is 5.75 Å². The highest BCUT2D eigenvalue weighted by atomic mass is 79.9. The molecule has 0 unspecified atom stereocenters. The van der Waals surface area contributed by atoms with Crippen molar-refractivity contribution in [3.05, 3.63) is 71.2 Å². The molecule has 1 aliphatic heterocycles. The van der Waals surface area contributed by atoms with Crippen molar-refractivity contribution in [2.75, 3.05) is 44.2 Å². The average Bonchev–Trinajstić information content (AvgIpc) is 2.74. The Morgan fingerprint density at radius 3 is 2.32 bits per heavy atom. The fourth-order valence-electron chi connectivity index (χ4n) is 3.77. The molecule has 0 spiro atoms. The molecule has 4 heteroatoms. The van der Waals surface area contributed by atoms with Crippen molar-refractivity contribution >= 4 is 32.4 Å². The number of rotatable bonds is 7. The molecule has 0 aliphatic carbocycles. The number of anilines is 1. The number of hydrogen-bond donors (Lipinski definition) is 0. The molecule has 0 bridgehead atoms. The van der Waals surface area contributed by atoms with E-state index in [9.17, 15) is 0 Å². The van der Waals surface area contributed by atoms with E-state index in [1.165, 1.54) is 22.9 Å². The third-order valence-electron chi connectivity index (χ3n) is 5.42. The van der Waals surface area contributed by atoms with E-state index < -0.39 is 0 Å². The molecule has 0 saturated carbocycles. The molecule has 3 aromatic carbocycles. The number of nitrogens with zero attached hydrogens (tertiary/aromatic N) is 2. The highest BCUT2D eigenvalue weighted by Crippen LogP contribution is 2.21. The minimum Gasteiger partial charge on any atom is -0.494 e. The van der Waals surface area contributed by atoms with E-state index >= 15 is 0 Å². The number of ether oxygens (including phenoxy) is 1. The SMILES string of the molecule is Brc1ccc(N2CCN(CCCCOc3ccc4ccccc4c3)CC2)cc1. The van der Waals surface area contributed by atoms with Crippen molar-refractivity contribution in [2.24, 2.45) is 0 Å². The lowest BCUT2D eigenvalue weighted by molar-refractivity contribution is 0.238. The Morgan fingerprint density at radius 1 is 0.786 bits per heavy atom. The van der Waals surface area contributed by atoms with Crippen LogP contribution in [0, 0.1) is 0 Å². The van der Waals surface area contributed by atoms with Gasteiger partial charge in [0.1, 0.15) is 5.75 Å². The maximum atomic E-state index is 5.96. The van der Waals surface area contributed by atoms with E-state index in [-0.39, 0.29) is 0 Å². The first-order valence-electron chi connectivity index (χ1n) is 10.1. The maximum Gasteiger partial charge on any atom is 0.119 e. The summed E-state index contributed by atoms with van der Waals surface area (Å²) < 4.78 is 7.10. The summed E-state index contributed by atoms with van der Waals surface area (Å²) in [4.78, 5) is 5.05. The predicted octanol–water partition coefficient (Wildman–Crippen LogP) is 5.58. The summed E-state index contributed by atoms with van der Waals surface area (Å²) in [6.07, 6.45) is 2.28. The number of hydrogen-bond acceptors (Lipinski definition) is 3. The second-order valence-electron chi connectivity index (χ2n) is 7.37. The van der Waals surface area contributed by atoms with E-state index in [4.69, 9.17) is 4.74 Å². The Bertz CT molecular complexity index is 889. The second-order valence-corrected chi connectivity index (χ2v) is 8.29. The molecule has 3 nitrogen and oxygen atoms in total. The lowest BCUT2D eigenvalue weighted by atomic mass is 10.1. The molecule has 0 atom stereocenters. The summed E-state index contributed by atoms with van der Waals surface area (Å²) in [6, 6.07) is 23.4. The fraction of sp³-hybridized carbons (Fsp3) is 0.333. The largest absolute Gasteiger partial charge is 0.494 e. The van der Waals surface area contributed by atoms with Gasteiger partial charge in [-0.2, -0.15) is 0 Å². The van der Waals surface area contributed by atoms with E-state index in [2.05, 4.69) is 92.5 Å². The van der Waals surface area contributed by atoms with Gasteiger partial charge in [-0.3, -0.25) is 4.90 Å². The fourth-order valence-corrected chi connectivity index (χ4v) is 4.03. The number of benzene rings is 3. The van der Waals surface area contributed by atoms with Crippen molar-refractivity contribution < 1.29 is 4.74 Å². The van der Waals surface area contributed by atoms with Gasteiger partial charge >= 0.3 is 0 Å². The van der Waals surface area contributed by atoms with E-state index in [1.807, 2.05) is 0 Å². The highest BCUT2D eigenvalue weighted by molar-refractivity contribution is 9.10. The number of fused-ring (bicyclic) bond motifs is 1. The minimum atomic E-state index is 0.789. The van der Waals surface area contributed by atoms with Gasteiger partial charge in [-0.25, -0.2) is 0 Å². The normalized spacial score (nSPS) is 15.1. The molecular weight excluding hydrogens is 412 g/mol. The monoisotopic (exact) mass is 438 g/mol. The van der Waals surface area contributed by atoms with Gasteiger partial charge in [0.25, 0.3) is 0 Å². The van der Waals surface area contributed by atoms with E-state index in [0.717, 1.165) is 56.0 Å². The third kappa shape index (κ3) is 5.06. The minimum absolute atomic E-state index is 0.789. The van der Waals surface area contributed by atoms with Gasteiger partial charge in [0.05, 0.1) is 6.61 Å². The summed E-state index contributed by atoms with van der Waals surface area (Å²) in [5.41, 5.74) is 1.33. The summed E-state index contributed by atoms with van der Waals surface area (Å²) >= 11 is 3.51. The highest BCUT2D eigenvalue weighted by Gasteiger charge is 2.16. The molecule has 0 N–H and O–H groups in total. The molecule has 4 rings (SSSR count). The van der Waals surface area contributed by atoms with Crippen molar-refractivity contribution in [3.8, 4) is 5.75 Å². The van der Waals surface area contributed by atoms with Gasteiger partial charge in [-0.1, -0.05) is 46.3 Å². The average molecular weight is 439 g/mol. The van der Waals surface area contributed by atoms with Crippen molar-refractivity contribution in [3.63, 3.8) is 0 Å². The van der Waals surface area contributed by atoms with Gasteiger partial charge < -0.3 is 9.64 Å². The zero-order chi connectivity index (χ0) is 19.2. The summed E-state index contributed by atoms with van der Waals surface area (Å²) in [5, 5.41) is 2.50. The van der Waals surface area contributed by atoms with Gasteiger partial charge in [0, 0.05) is 36.3 Å². The molecule has 0 amide bonds. The third-order valence-corrected chi connectivity index (χ3v) is 5.95. The number of piperazine rings is 1. The smallest absolute Gasteiger partial charge is 0.119 e. The van der Waals surface area contributed by atoms with Crippen molar-refractivity contribution in [2.45, 2.75) is 12.8 Å². The predicted molar refractivity (Wildman–Crippen MR) is 121 cm³/mol. The van der Waals surface area contributed by atoms with E-state index in [0.29, 0.717) is 0 Å². The van der Waals surface area contributed by atoms with Crippen LogP contribution in [0.4, 0.5) is 5.69 Å². The number of unbranched alkanes of at least 4 members (excludes halogenated alkanes) is 1. The van der Waals surface area contributed by atoms with Crippen LogP contribution in [0.25, 0.3) is 10.8 Å². The second kappa shape index (κ2) is 9.44. The standard InChI is InChI=1S/C24H27BrN2O/c25-22-8-10-23(11-9-22)27-16-14-26(15-17-27)13-3-4-18-28-24-12-7-20-5-1-2-6-21(20)19-24/h1-2,5-12,19H,3-4,13-18H2. The lowest BCUT2D eigenvalue weighted by Gasteiger charge is -2.36. The molecular formula is C24H27BrN2O. The van der Waals surface area contributed by atoms with Crippen molar-refractivity contribution in [1.82, 2.24) is 4.90 Å². The Morgan fingerprint density at radius 2 is 1.54 bits per heavy atom. The van der Waals surface area contributed by atoms with Gasteiger partial charge in [0.2, 0.25) is 0 Å². The van der Waals surface area contributed by atoms with Gasteiger partial charge in [0.15, 0.2) is 0 Å². The molecule has 28 heavy (non-hydrogen) atoms. The molecule has 1 saturated heterocycles. The topological polar surface area (TPSA) is 15.7 Å². The summed E-state index contributed by atoms with van der Waals surface area (Å²) in [6.45, 7) is 6.44. The first-order chi connectivity index (χ1) is 13.8. The Hall–Kier alpha value is -2.04. The Balaban J connectivity index is 1.14. The van der Waals surface area contributed by atoms with Crippen LogP contribution in [-0.2, 0) is 0 Å². The molecule has 0 aromatic heterocycles. The van der Waals surface area contributed by atoms with Crippen LogP contribution < -0.4 is 9.64 Å². The molecule has 3 aromatic rings. The van der Waals surface area contributed by atoms with Gasteiger partial charge in [-0.05, 0) is 66.6 Å². The van der Waals surface area contributed by atoms with Crippen LogP contribution in [0.3, 0.4) is 0 Å². The zero-order valence-corrected chi connectivity index (χ0v) is 17.8. The Labute approximate surface area is 176 Å². The van der Waals surface area contributed by atoms with Crippen LogP contribution in [-0.4, -0.2) is 44.2 Å². The quantitative estimate of drug-likeness (QED) is 0.447. The number of halogens is 1. The van der Waals surface area contributed by atoms with Crippen molar-refractivity contribution in [1.29, 1.82) is 0 Å². The molecule has 1 aliphatic rings. The van der Waals surface area contributed by atoms with Crippen LogP contribution in [0.15, 0.2) is 71.2 Å².